The van der Waals surface area contributed by atoms with Crippen LogP contribution in [0.4, 0.5) is 0 Å². The van der Waals surface area contributed by atoms with E-state index in [0.29, 0.717) is 5.95 Å². The molecule has 0 N–H and O–H groups in total. The highest BCUT2D eigenvalue weighted by atomic mass is 28.4. The zero-order chi connectivity index (χ0) is 18.5. The van der Waals surface area contributed by atoms with Gasteiger partial charge in [-0.3, -0.25) is 0 Å². The zero-order valence-corrected chi connectivity index (χ0v) is 18.2. The lowest BCUT2D eigenvalue weighted by atomic mass is 10.1. The fourth-order valence-electron chi connectivity index (χ4n) is 3.01. The predicted molar refractivity (Wildman–Crippen MR) is 112 cm³/mol. The van der Waals surface area contributed by atoms with Crippen molar-refractivity contribution in [2.75, 3.05) is 7.11 Å². The van der Waals surface area contributed by atoms with Gasteiger partial charge in [-0.15, -0.1) is 0 Å². The quantitative estimate of drug-likeness (QED) is 0.488. The van der Waals surface area contributed by atoms with Crippen LogP contribution in [0.15, 0.2) is 72.7 Å². The summed E-state index contributed by atoms with van der Waals surface area (Å²) in [6, 6.07) is 21.5. The summed E-state index contributed by atoms with van der Waals surface area (Å²) in [6.45, 7) is 11.4. The molecule has 2 aromatic carbocycles. The van der Waals surface area contributed by atoms with E-state index in [1.807, 2.05) is 0 Å². The molecular weight excluding hydrogens is 340 g/mol. The van der Waals surface area contributed by atoms with Gasteiger partial charge < -0.3 is 9.16 Å². The SMILES string of the molecule is CO/C(=C/C(c1ccccc1)[Si](C)(C)c1ccccc1)O[Si](C)(C)C. The van der Waals surface area contributed by atoms with E-state index in [-0.39, 0.29) is 5.54 Å². The molecule has 1 atom stereocenters. The molecule has 0 radical (unpaired) electrons. The molecule has 0 saturated heterocycles. The highest BCUT2D eigenvalue weighted by molar-refractivity contribution is 6.91. The molecule has 0 fully saturated rings. The fraction of sp³-hybridized carbons (Fsp3) is 0.333. The van der Waals surface area contributed by atoms with Crippen LogP contribution in [0.25, 0.3) is 0 Å². The molecule has 0 aliphatic heterocycles. The van der Waals surface area contributed by atoms with Crippen molar-refractivity contribution in [3.63, 3.8) is 0 Å². The Labute approximate surface area is 154 Å². The highest BCUT2D eigenvalue weighted by Crippen LogP contribution is 2.30. The number of hydrogen-bond acceptors (Lipinski definition) is 2. The maximum Gasteiger partial charge on any atom is 0.261 e. The molecule has 0 aliphatic rings. The van der Waals surface area contributed by atoms with Crippen LogP contribution < -0.4 is 5.19 Å². The van der Waals surface area contributed by atoms with Crippen molar-refractivity contribution in [1.82, 2.24) is 0 Å². The van der Waals surface area contributed by atoms with Gasteiger partial charge in [-0.1, -0.05) is 78.9 Å². The Morgan fingerprint density at radius 3 is 1.84 bits per heavy atom. The second-order valence-electron chi connectivity index (χ2n) is 7.88. The molecule has 0 aromatic heterocycles. The summed E-state index contributed by atoms with van der Waals surface area (Å²) >= 11 is 0. The number of rotatable bonds is 7. The minimum atomic E-state index is -1.83. The van der Waals surface area contributed by atoms with Gasteiger partial charge >= 0.3 is 0 Å². The van der Waals surface area contributed by atoms with Crippen molar-refractivity contribution in [2.45, 2.75) is 38.3 Å². The molecule has 134 valence electrons. The van der Waals surface area contributed by atoms with E-state index in [2.05, 4.69) is 99.5 Å². The molecule has 2 aromatic rings. The standard InChI is InChI=1S/C21H30O2Si2/c1-22-21(23-24(2,3)4)17-20(18-13-9-7-10-14-18)25(5,6)19-15-11-8-12-16-19/h7-17,20H,1-6H3/b21-17-. The first-order valence-electron chi connectivity index (χ1n) is 8.79. The van der Waals surface area contributed by atoms with Crippen LogP contribution in [0.3, 0.4) is 0 Å². The van der Waals surface area contributed by atoms with E-state index in [4.69, 9.17) is 9.16 Å². The monoisotopic (exact) mass is 370 g/mol. The van der Waals surface area contributed by atoms with Gasteiger partial charge in [-0.2, -0.15) is 0 Å². The lowest BCUT2D eigenvalue weighted by molar-refractivity contribution is 0.145. The molecule has 0 aliphatic carbocycles. The first-order valence-corrected chi connectivity index (χ1v) is 15.3. The van der Waals surface area contributed by atoms with Crippen molar-refractivity contribution < 1.29 is 9.16 Å². The summed E-state index contributed by atoms with van der Waals surface area (Å²) in [5.41, 5.74) is 1.60. The second-order valence-corrected chi connectivity index (χ2v) is 17.0. The summed E-state index contributed by atoms with van der Waals surface area (Å²) in [5, 5.41) is 1.43. The van der Waals surface area contributed by atoms with Crippen LogP contribution in [0, 0.1) is 0 Å². The molecule has 2 nitrogen and oxygen atoms in total. The van der Waals surface area contributed by atoms with Crippen LogP contribution >= 0.6 is 0 Å². The van der Waals surface area contributed by atoms with Gasteiger partial charge in [-0.25, -0.2) is 0 Å². The molecule has 1 unspecified atom stereocenters. The van der Waals surface area contributed by atoms with E-state index < -0.39 is 16.4 Å². The van der Waals surface area contributed by atoms with E-state index in [9.17, 15) is 0 Å². The Hall–Kier alpha value is -1.79. The molecular formula is C21H30O2Si2. The third kappa shape index (κ3) is 5.34. The molecule has 4 heteroatoms. The van der Waals surface area contributed by atoms with Gasteiger partial charge in [0.15, 0.2) is 0 Å². The summed E-state index contributed by atoms with van der Waals surface area (Å²) in [6.07, 6.45) is 2.20. The third-order valence-corrected chi connectivity index (χ3v) is 9.05. The van der Waals surface area contributed by atoms with Crippen LogP contribution in [0.2, 0.25) is 32.7 Å². The smallest absolute Gasteiger partial charge is 0.261 e. The number of ether oxygens (including phenoxy) is 1. The lowest BCUT2D eigenvalue weighted by Gasteiger charge is -2.32. The van der Waals surface area contributed by atoms with Crippen LogP contribution in [-0.2, 0) is 9.16 Å². The molecule has 0 bridgehead atoms. The molecule has 0 amide bonds. The fourth-order valence-corrected chi connectivity index (χ4v) is 6.75. The third-order valence-electron chi connectivity index (χ3n) is 4.36. The molecule has 0 saturated carbocycles. The Kier molecular flexibility index (Phi) is 6.30. The van der Waals surface area contributed by atoms with Crippen molar-refractivity contribution in [3.8, 4) is 0 Å². The van der Waals surface area contributed by atoms with Gasteiger partial charge in [-0.05, 0) is 25.2 Å². The van der Waals surface area contributed by atoms with E-state index in [1.54, 1.807) is 7.11 Å². The Morgan fingerprint density at radius 1 is 0.840 bits per heavy atom. The topological polar surface area (TPSA) is 18.5 Å². The van der Waals surface area contributed by atoms with Crippen LogP contribution in [0.1, 0.15) is 11.1 Å². The highest BCUT2D eigenvalue weighted by Gasteiger charge is 2.34. The predicted octanol–water partition coefficient (Wildman–Crippen LogP) is 5.26. The van der Waals surface area contributed by atoms with Gasteiger partial charge in [0.25, 0.3) is 5.95 Å². The Balaban J connectivity index is 2.51. The second kappa shape index (κ2) is 8.06. The number of benzene rings is 2. The molecule has 0 spiro atoms. The van der Waals surface area contributed by atoms with Gasteiger partial charge in [0.05, 0.1) is 15.2 Å². The van der Waals surface area contributed by atoms with Crippen molar-refractivity contribution in [3.05, 3.63) is 78.2 Å². The average molecular weight is 371 g/mol. The van der Waals surface area contributed by atoms with Crippen LogP contribution in [0.5, 0.6) is 0 Å². The first-order chi connectivity index (χ1) is 11.7. The van der Waals surface area contributed by atoms with E-state index in [1.165, 1.54) is 10.8 Å². The molecule has 0 heterocycles. The average Bonchev–Trinajstić information content (AvgIpc) is 2.59. The normalized spacial score (nSPS) is 14.1. The minimum Gasteiger partial charge on any atom is -0.520 e. The van der Waals surface area contributed by atoms with Crippen molar-refractivity contribution >= 4 is 21.6 Å². The Bertz CT molecular complexity index is 689. The lowest BCUT2D eigenvalue weighted by Crippen LogP contribution is -2.47. The summed E-state index contributed by atoms with van der Waals surface area (Å²) in [7, 11) is -1.85. The van der Waals surface area contributed by atoms with Crippen LogP contribution in [-0.4, -0.2) is 23.5 Å². The number of allylic oxidation sites excluding steroid dienone is 1. The van der Waals surface area contributed by atoms with E-state index >= 15 is 0 Å². The maximum atomic E-state index is 6.17. The van der Waals surface area contributed by atoms with Crippen molar-refractivity contribution in [2.24, 2.45) is 0 Å². The van der Waals surface area contributed by atoms with Gasteiger partial charge in [0.1, 0.15) is 0 Å². The Morgan fingerprint density at radius 2 is 1.36 bits per heavy atom. The van der Waals surface area contributed by atoms with E-state index in [0.717, 1.165) is 0 Å². The first kappa shape index (κ1) is 19.5. The number of methoxy groups -OCH3 is 1. The summed E-state index contributed by atoms with van der Waals surface area (Å²) in [5.74, 6) is 0.657. The minimum absolute atomic E-state index is 0.280. The molecule has 25 heavy (non-hydrogen) atoms. The number of hydrogen-bond donors (Lipinski definition) is 0. The summed E-state index contributed by atoms with van der Waals surface area (Å²) in [4.78, 5) is 0. The molecule has 2 rings (SSSR count). The van der Waals surface area contributed by atoms with Crippen molar-refractivity contribution in [1.29, 1.82) is 0 Å². The zero-order valence-electron chi connectivity index (χ0n) is 16.2. The summed E-state index contributed by atoms with van der Waals surface area (Å²) < 4.78 is 11.8. The van der Waals surface area contributed by atoms with Gasteiger partial charge in [0.2, 0.25) is 8.32 Å². The largest absolute Gasteiger partial charge is 0.520 e. The maximum absolute atomic E-state index is 6.17. The van der Waals surface area contributed by atoms with Gasteiger partial charge in [0, 0.05) is 11.6 Å².